The number of nitrogens with zero attached hydrogens (tertiary/aromatic N) is 1. The van der Waals surface area contributed by atoms with Crippen LogP contribution in [0, 0.1) is 0 Å². The highest BCUT2D eigenvalue weighted by Gasteiger charge is 2.22. The zero-order valence-corrected chi connectivity index (χ0v) is 18.9. The average Bonchev–Trinajstić information content (AvgIpc) is 2.86. The number of carbonyl (C=O) groups is 3. The van der Waals surface area contributed by atoms with E-state index in [1.54, 1.807) is 25.3 Å². The van der Waals surface area contributed by atoms with Gasteiger partial charge in [-0.2, -0.15) is 0 Å². The number of nitrogens with one attached hydrogen (secondary N) is 2. The molecule has 0 aliphatic heterocycles. The molecule has 4 aromatic rings. The monoisotopic (exact) mass is 457 g/mol. The molecule has 8 nitrogen and oxygen atoms in total. The van der Waals surface area contributed by atoms with Crippen molar-refractivity contribution in [2.75, 3.05) is 14.2 Å². The third kappa shape index (κ3) is 4.66. The largest absolute Gasteiger partial charge is 0.497 e. The first-order valence-electron chi connectivity index (χ1n) is 10.6. The number of ether oxygens (including phenoxy) is 2. The van der Waals surface area contributed by atoms with Gasteiger partial charge in [-0.25, -0.2) is 14.6 Å². The van der Waals surface area contributed by atoms with Crippen LogP contribution in [0.1, 0.15) is 17.3 Å². The molecule has 1 atom stereocenters. The van der Waals surface area contributed by atoms with E-state index >= 15 is 0 Å². The zero-order chi connectivity index (χ0) is 24.2. The number of imide groups is 1. The Balaban J connectivity index is 1.71. The molecule has 0 fully saturated rings. The molecule has 3 amide bonds. The maximum absolute atomic E-state index is 13.1. The first kappa shape index (κ1) is 22.7. The third-order valence-electron chi connectivity index (χ3n) is 5.40. The second-order valence-corrected chi connectivity index (χ2v) is 7.62. The summed E-state index contributed by atoms with van der Waals surface area (Å²) in [5.74, 6) is -0.648. The Kier molecular flexibility index (Phi) is 6.40. The standard InChI is InChI=1S/C26H23N3O5/c1-15(24(30)29-26(32)27-2)34-25(31)21-14-23(28-22-7-5-4-6-20(21)22)18-9-8-17-13-19(33-3)11-10-16(17)12-18/h4-15H,1-3H3,(H2,27,29,30,32). The Morgan fingerprint density at radius 3 is 2.44 bits per heavy atom. The summed E-state index contributed by atoms with van der Waals surface area (Å²) >= 11 is 0. The number of fused-ring (bicyclic) bond motifs is 2. The summed E-state index contributed by atoms with van der Waals surface area (Å²) in [6.45, 7) is 1.40. The highest BCUT2D eigenvalue weighted by Crippen LogP contribution is 2.29. The predicted molar refractivity (Wildman–Crippen MR) is 129 cm³/mol. The Morgan fingerprint density at radius 1 is 0.941 bits per heavy atom. The molecular formula is C26H23N3O5. The molecule has 2 N–H and O–H groups in total. The number of carbonyl (C=O) groups excluding carboxylic acids is 3. The lowest BCUT2D eigenvalue weighted by Crippen LogP contribution is -2.43. The molecule has 4 rings (SSSR count). The maximum Gasteiger partial charge on any atom is 0.339 e. The highest BCUT2D eigenvalue weighted by molar-refractivity contribution is 6.06. The van der Waals surface area contributed by atoms with Gasteiger partial charge in [0.1, 0.15) is 5.75 Å². The van der Waals surface area contributed by atoms with E-state index in [2.05, 4.69) is 10.6 Å². The summed E-state index contributed by atoms with van der Waals surface area (Å²) < 4.78 is 10.7. The quantitative estimate of drug-likeness (QED) is 0.438. The van der Waals surface area contributed by atoms with E-state index in [1.807, 2.05) is 48.5 Å². The van der Waals surface area contributed by atoms with Crippen LogP contribution in [0.5, 0.6) is 5.75 Å². The first-order valence-corrected chi connectivity index (χ1v) is 10.6. The van der Waals surface area contributed by atoms with Gasteiger partial charge in [0, 0.05) is 18.0 Å². The number of methoxy groups -OCH3 is 1. The Hall–Kier alpha value is -4.46. The SMILES string of the molecule is CNC(=O)NC(=O)C(C)OC(=O)c1cc(-c2ccc3cc(OC)ccc3c2)nc2ccccc12. The number of para-hydroxylation sites is 1. The summed E-state index contributed by atoms with van der Waals surface area (Å²) in [6.07, 6.45) is -1.17. The van der Waals surface area contributed by atoms with Gasteiger partial charge < -0.3 is 14.8 Å². The number of benzene rings is 3. The Labute approximate surface area is 195 Å². The van der Waals surface area contributed by atoms with E-state index in [0.717, 1.165) is 22.1 Å². The van der Waals surface area contributed by atoms with E-state index < -0.39 is 24.0 Å². The molecule has 1 heterocycles. The number of amides is 3. The van der Waals surface area contributed by atoms with Gasteiger partial charge >= 0.3 is 12.0 Å². The molecule has 34 heavy (non-hydrogen) atoms. The number of rotatable bonds is 5. The second-order valence-electron chi connectivity index (χ2n) is 7.62. The van der Waals surface area contributed by atoms with Crippen LogP contribution in [0.4, 0.5) is 4.79 Å². The van der Waals surface area contributed by atoms with Crippen molar-refractivity contribution in [2.24, 2.45) is 0 Å². The van der Waals surface area contributed by atoms with Gasteiger partial charge in [0.2, 0.25) is 0 Å². The second kappa shape index (κ2) is 9.58. The lowest BCUT2D eigenvalue weighted by Gasteiger charge is -2.14. The minimum Gasteiger partial charge on any atom is -0.497 e. The summed E-state index contributed by atoms with van der Waals surface area (Å²) in [5.41, 5.74) is 2.30. The number of aromatic nitrogens is 1. The van der Waals surface area contributed by atoms with E-state index in [0.29, 0.717) is 16.6 Å². The number of hydrogen-bond acceptors (Lipinski definition) is 6. The molecule has 0 aliphatic carbocycles. The van der Waals surface area contributed by atoms with Gasteiger partial charge in [-0.1, -0.05) is 36.4 Å². The van der Waals surface area contributed by atoms with Crippen molar-refractivity contribution in [3.8, 4) is 17.0 Å². The van der Waals surface area contributed by atoms with Gasteiger partial charge in [-0.05, 0) is 48.0 Å². The van der Waals surface area contributed by atoms with Crippen LogP contribution in [0.25, 0.3) is 32.9 Å². The van der Waals surface area contributed by atoms with Crippen LogP contribution in [-0.4, -0.2) is 43.2 Å². The first-order chi connectivity index (χ1) is 16.4. The predicted octanol–water partition coefficient (Wildman–Crippen LogP) is 4.06. The topological polar surface area (TPSA) is 107 Å². The van der Waals surface area contributed by atoms with Crippen molar-refractivity contribution in [3.63, 3.8) is 0 Å². The van der Waals surface area contributed by atoms with Crippen LogP contribution in [-0.2, 0) is 9.53 Å². The summed E-state index contributed by atoms with van der Waals surface area (Å²) in [5, 5.41) is 6.98. The number of pyridine rings is 1. The molecule has 0 aliphatic rings. The fraction of sp³-hybridized carbons (Fsp3) is 0.154. The molecule has 0 bridgehead atoms. The lowest BCUT2D eigenvalue weighted by atomic mass is 10.0. The fourth-order valence-corrected chi connectivity index (χ4v) is 3.56. The van der Waals surface area contributed by atoms with Crippen LogP contribution >= 0.6 is 0 Å². The van der Waals surface area contributed by atoms with Crippen molar-refractivity contribution in [2.45, 2.75) is 13.0 Å². The Bertz CT molecular complexity index is 1420. The van der Waals surface area contributed by atoms with E-state index in [1.165, 1.54) is 14.0 Å². The summed E-state index contributed by atoms with van der Waals surface area (Å²) in [4.78, 5) is 41.3. The van der Waals surface area contributed by atoms with Gasteiger partial charge in [-0.15, -0.1) is 0 Å². The highest BCUT2D eigenvalue weighted by atomic mass is 16.5. The normalized spacial score (nSPS) is 11.6. The summed E-state index contributed by atoms with van der Waals surface area (Å²) in [6, 6.07) is 19.8. The van der Waals surface area contributed by atoms with E-state index in [9.17, 15) is 14.4 Å². The lowest BCUT2D eigenvalue weighted by molar-refractivity contribution is -0.127. The summed E-state index contributed by atoms with van der Waals surface area (Å²) in [7, 11) is 3.01. The van der Waals surface area contributed by atoms with E-state index in [-0.39, 0.29) is 5.56 Å². The number of esters is 1. The van der Waals surface area contributed by atoms with Gasteiger partial charge in [0.05, 0.1) is 23.9 Å². The van der Waals surface area contributed by atoms with Crippen molar-refractivity contribution >= 4 is 39.6 Å². The van der Waals surface area contributed by atoms with Gasteiger partial charge in [0.25, 0.3) is 5.91 Å². The van der Waals surface area contributed by atoms with E-state index in [4.69, 9.17) is 14.5 Å². The molecule has 0 radical (unpaired) electrons. The van der Waals surface area contributed by atoms with Crippen molar-refractivity contribution in [1.29, 1.82) is 0 Å². The Morgan fingerprint density at radius 2 is 1.68 bits per heavy atom. The molecule has 1 unspecified atom stereocenters. The van der Waals surface area contributed by atoms with Gasteiger partial charge in [0.15, 0.2) is 6.10 Å². The zero-order valence-electron chi connectivity index (χ0n) is 18.9. The smallest absolute Gasteiger partial charge is 0.339 e. The molecule has 172 valence electrons. The molecule has 0 spiro atoms. The van der Waals surface area contributed by atoms with Crippen molar-refractivity contribution < 1.29 is 23.9 Å². The fourth-order valence-electron chi connectivity index (χ4n) is 3.56. The number of hydrogen-bond donors (Lipinski definition) is 2. The van der Waals surface area contributed by atoms with Crippen LogP contribution in [0.2, 0.25) is 0 Å². The molecule has 8 heteroatoms. The third-order valence-corrected chi connectivity index (χ3v) is 5.40. The molecule has 0 saturated carbocycles. The maximum atomic E-state index is 13.1. The van der Waals surface area contributed by atoms with Crippen LogP contribution in [0.15, 0.2) is 66.7 Å². The molecule has 0 saturated heterocycles. The molecular weight excluding hydrogens is 434 g/mol. The number of urea groups is 1. The minimum absolute atomic E-state index is 0.273. The molecule has 1 aromatic heterocycles. The van der Waals surface area contributed by atoms with Gasteiger partial charge in [-0.3, -0.25) is 10.1 Å². The van der Waals surface area contributed by atoms with Crippen molar-refractivity contribution in [1.82, 2.24) is 15.6 Å². The van der Waals surface area contributed by atoms with Crippen LogP contribution < -0.4 is 15.4 Å². The van der Waals surface area contributed by atoms with Crippen molar-refractivity contribution in [3.05, 3.63) is 72.3 Å². The molecule has 3 aromatic carbocycles. The minimum atomic E-state index is -1.17. The average molecular weight is 457 g/mol. The van der Waals surface area contributed by atoms with Crippen LogP contribution in [0.3, 0.4) is 0 Å².